The van der Waals surface area contributed by atoms with Crippen molar-refractivity contribution in [3.05, 3.63) is 34.3 Å². The van der Waals surface area contributed by atoms with Gasteiger partial charge in [-0.25, -0.2) is 4.79 Å². The molecule has 0 radical (unpaired) electrons. The molecule has 0 amide bonds. The van der Waals surface area contributed by atoms with E-state index in [1.165, 1.54) is 19.2 Å². The number of carbonyl (C=O) groups is 2. The van der Waals surface area contributed by atoms with E-state index in [1.807, 2.05) is 0 Å². The molecule has 1 aromatic rings. The first kappa shape index (κ1) is 9.74. The number of rotatable bonds is 2. The molecule has 0 N–H and O–H groups in total. The van der Waals surface area contributed by atoms with Crippen LogP contribution in [0.25, 0.3) is 0 Å². The van der Waals surface area contributed by atoms with E-state index >= 15 is 0 Å². The van der Waals surface area contributed by atoms with Crippen LogP contribution in [-0.4, -0.2) is 19.4 Å². The highest BCUT2D eigenvalue weighted by Gasteiger charge is 2.13. The Morgan fingerprint density at radius 2 is 2.23 bits per heavy atom. The molecular weight excluding hydrogens is 192 g/mol. The van der Waals surface area contributed by atoms with Crippen LogP contribution >= 0.6 is 11.6 Å². The van der Waals surface area contributed by atoms with Gasteiger partial charge in [0.05, 0.1) is 17.7 Å². The number of halogens is 1. The van der Waals surface area contributed by atoms with E-state index in [1.54, 1.807) is 6.07 Å². The second-order valence-corrected chi connectivity index (χ2v) is 2.72. The number of aldehydes is 1. The number of hydrogen-bond donors (Lipinski definition) is 0. The summed E-state index contributed by atoms with van der Waals surface area (Å²) in [5, 5.41) is 0.248. The number of ether oxygens (including phenoxy) is 1. The monoisotopic (exact) mass is 198 g/mol. The fourth-order valence-corrected chi connectivity index (χ4v) is 1.16. The molecule has 0 bridgehead atoms. The summed E-state index contributed by atoms with van der Waals surface area (Å²) in [5.74, 6) is -0.565. The predicted molar refractivity (Wildman–Crippen MR) is 48.2 cm³/mol. The van der Waals surface area contributed by atoms with Crippen molar-refractivity contribution in [3.63, 3.8) is 0 Å². The third kappa shape index (κ3) is 1.87. The first-order chi connectivity index (χ1) is 6.20. The van der Waals surface area contributed by atoms with Crippen molar-refractivity contribution >= 4 is 23.9 Å². The van der Waals surface area contributed by atoms with Crippen LogP contribution in [0.5, 0.6) is 0 Å². The summed E-state index contributed by atoms with van der Waals surface area (Å²) in [6.45, 7) is 0. The van der Waals surface area contributed by atoms with Crippen molar-refractivity contribution in [1.29, 1.82) is 0 Å². The summed E-state index contributed by atoms with van der Waals surface area (Å²) >= 11 is 5.69. The van der Waals surface area contributed by atoms with Crippen molar-refractivity contribution in [2.45, 2.75) is 0 Å². The third-order valence-electron chi connectivity index (χ3n) is 1.58. The molecular formula is C9H7ClO3. The zero-order valence-corrected chi connectivity index (χ0v) is 7.67. The van der Waals surface area contributed by atoms with Crippen LogP contribution in [0.2, 0.25) is 5.02 Å². The average molecular weight is 199 g/mol. The fourth-order valence-electron chi connectivity index (χ4n) is 0.945. The van der Waals surface area contributed by atoms with Crippen molar-refractivity contribution < 1.29 is 14.3 Å². The van der Waals surface area contributed by atoms with Gasteiger partial charge in [0.2, 0.25) is 0 Å². The van der Waals surface area contributed by atoms with E-state index in [4.69, 9.17) is 11.6 Å². The molecule has 0 fully saturated rings. The minimum atomic E-state index is -0.565. The number of esters is 1. The van der Waals surface area contributed by atoms with Crippen molar-refractivity contribution in [1.82, 2.24) is 0 Å². The van der Waals surface area contributed by atoms with Crippen LogP contribution in [0.1, 0.15) is 20.7 Å². The quantitative estimate of drug-likeness (QED) is 0.539. The minimum Gasteiger partial charge on any atom is -0.465 e. The lowest BCUT2D eigenvalue weighted by Crippen LogP contribution is -2.05. The zero-order chi connectivity index (χ0) is 9.84. The van der Waals surface area contributed by atoms with E-state index in [0.717, 1.165) is 0 Å². The summed E-state index contributed by atoms with van der Waals surface area (Å²) in [7, 11) is 1.25. The molecule has 0 heterocycles. The summed E-state index contributed by atoms with van der Waals surface area (Å²) in [5.41, 5.74) is 0.348. The Kier molecular flexibility index (Phi) is 3.03. The van der Waals surface area contributed by atoms with Crippen LogP contribution in [0.15, 0.2) is 18.2 Å². The molecule has 68 valence electrons. The third-order valence-corrected chi connectivity index (χ3v) is 1.91. The SMILES string of the molecule is COC(=O)c1cccc(Cl)c1C=O. The Morgan fingerprint density at radius 1 is 1.54 bits per heavy atom. The molecule has 0 saturated heterocycles. The lowest BCUT2D eigenvalue weighted by molar-refractivity contribution is 0.0598. The molecule has 3 nitrogen and oxygen atoms in total. The second kappa shape index (κ2) is 4.05. The van der Waals surface area contributed by atoms with Crippen LogP contribution in [0.4, 0.5) is 0 Å². The molecule has 0 unspecified atom stereocenters. The first-order valence-corrected chi connectivity index (χ1v) is 3.90. The summed E-state index contributed by atoms with van der Waals surface area (Å²) < 4.78 is 4.48. The van der Waals surface area contributed by atoms with Gasteiger partial charge in [-0.15, -0.1) is 0 Å². The van der Waals surface area contributed by atoms with E-state index < -0.39 is 5.97 Å². The van der Waals surface area contributed by atoms with E-state index in [-0.39, 0.29) is 16.1 Å². The lowest BCUT2D eigenvalue weighted by atomic mass is 10.1. The molecule has 0 aliphatic heterocycles. The van der Waals surface area contributed by atoms with Gasteiger partial charge in [-0.05, 0) is 12.1 Å². The van der Waals surface area contributed by atoms with Gasteiger partial charge in [-0.2, -0.15) is 0 Å². The van der Waals surface area contributed by atoms with Crippen molar-refractivity contribution in [2.24, 2.45) is 0 Å². The maximum Gasteiger partial charge on any atom is 0.338 e. The summed E-state index contributed by atoms with van der Waals surface area (Å²) in [6.07, 6.45) is 0.536. The number of benzene rings is 1. The molecule has 13 heavy (non-hydrogen) atoms. The number of hydrogen-bond acceptors (Lipinski definition) is 3. The molecule has 1 aromatic carbocycles. The Morgan fingerprint density at radius 3 is 2.77 bits per heavy atom. The summed E-state index contributed by atoms with van der Waals surface area (Å²) in [4.78, 5) is 21.7. The van der Waals surface area contributed by atoms with Crippen LogP contribution in [-0.2, 0) is 4.74 Å². The fraction of sp³-hybridized carbons (Fsp3) is 0.111. The van der Waals surface area contributed by atoms with E-state index in [0.29, 0.717) is 6.29 Å². The lowest BCUT2D eigenvalue weighted by Gasteiger charge is -2.02. The van der Waals surface area contributed by atoms with Crippen LogP contribution in [0, 0.1) is 0 Å². The standard InChI is InChI=1S/C9H7ClO3/c1-13-9(12)6-3-2-4-8(10)7(6)5-11/h2-5H,1H3. The molecule has 0 aliphatic carbocycles. The maximum absolute atomic E-state index is 11.1. The Labute approximate surface area is 80.3 Å². The van der Waals surface area contributed by atoms with Gasteiger partial charge in [-0.1, -0.05) is 17.7 Å². The Bertz CT molecular complexity index is 347. The maximum atomic E-state index is 11.1. The van der Waals surface area contributed by atoms with Gasteiger partial charge >= 0.3 is 5.97 Å². The first-order valence-electron chi connectivity index (χ1n) is 3.52. The van der Waals surface area contributed by atoms with Crippen molar-refractivity contribution in [3.8, 4) is 0 Å². The van der Waals surface area contributed by atoms with Crippen molar-refractivity contribution in [2.75, 3.05) is 7.11 Å². The average Bonchev–Trinajstić information content (AvgIpc) is 2.16. The molecule has 1 rings (SSSR count). The Hall–Kier alpha value is -1.35. The Balaban J connectivity index is 3.28. The van der Waals surface area contributed by atoms with Gasteiger partial charge in [0, 0.05) is 5.56 Å². The molecule has 0 spiro atoms. The highest BCUT2D eigenvalue weighted by atomic mass is 35.5. The zero-order valence-electron chi connectivity index (χ0n) is 6.91. The second-order valence-electron chi connectivity index (χ2n) is 2.31. The van der Waals surface area contributed by atoms with E-state index in [2.05, 4.69) is 4.74 Å². The summed E-state index contributed by atoms with van der Waals surface area (Å²) in [6, 6.07) is 4.61. The van der Waals surface area contributed by atoms with Gasteiger partial charge in [0.25, 0.3) is 0 Å². The molecule has 0 aromatic heterocycles. The molecule has 0 saturated carbocycles. The van der Waals surface area contributed by atoms with Gasteiger partial charge in [-0.3, -0.25) is 4.79 Å². The highest BCUT2D eigenvalue weighted by Crippen LogP contribution is 2.18. The van der Waals surface area contributed by atoms with E-state index in [9.17, 15) is 9.59 Å². The normalized spacial score (nSPS) is 9.38. The highest BCUT2D eigenvalue weighted by molar-refractivity contribution is 6.33. The number of methoxy groups -OCH3 is 1. The predicted octanol–water partition coefficient (Wildman–Crippen LogP) is 1.94. The smallest absolute Gasteiger partial charge is 0.338 e. The number of carbonyl (C=O) groups excluding carboxylic acids is 2. The minimum absolute atomic E-state index is 0.163. The van der Waals surface area contributed by atoms with Crippen LogP contribution in [0.3, 0.4) is 0 Å². The van der Waals surface area contributed by atoms with Gasteiger partial charge in [0.15, 0.2) is 6.29 Å². The topological polar surface area (TPSA) is 43.4 Å². The van der Waals surface area contributed by atoms with Gasteiger partial charge in [0.1, 0.15) is 0 Å². The van der Waals surface area contributed by atoms with Gasteiger partial charge < -0.3 is 4.74 Å². The largest absolute Gasteiger partial charge is 0.465 e. The van der Waals surface area contributed by atoms with Crippen LogP contribution < -0.4 is 0 Å². The molecule has 4 heteroatoms. The molecule has 0 aliphatic rings. The molecule has 0 atom stereocenters.